The minimum atomic E-state index is -0.802. The van der Waals surface area contributed by atoms with Gasteiger partial charge in [0.15, 0.2) is 5.82 Å². The Hall–Kier alpha value is -1.79. The summed E-state index contributed by atoms with van der Waals surface area (Å²) in [5.74, 6) is 0.540. The number of ether oxygens (including phenoxy) is 1. The molecule has 0 atom stereocenters. The molecule has 1 aromatic rings. The van der Waals surface area contributed by atoms with E-state index in [9.17, 15) is 4.79 Å². The van der Waals surface area contributed by atoms with Gasteiger partial charge in [0.1, 0.15) is 6.61 Å². The Kier molecular flexibility index (Phi) is 3.07. The topological polar surface area (TPSA) is 103 Å². The number of hydrogen-bond acceptors (Lipinski definition) is 6. The molecule has 0 aliphatic rings. The van der Waals surface area contributed by atoms with Gasteiger partial charge in [0.2, 0.25) is 0 Å². The van der Waals surface area contributed by atoms with E-state index in [1.807, 2.05) is 0 Å². The maximum atomic E-state index is 10.1. The lowest BCUT2D eigenvalue weighted by Gasteiger charge is -2.00. The first-order valence-electron chi connectivity index (χ1n) is 3.65. The van der Waals surface area contributed by atoms with Crippen LogP contribution >= 0.6 is 0 Å². The molecule has 7 heteroatoms. The number of primary amides is 1. The van der Waals surface area contributed by atoms with Crippen LogP contribution < -0.4 is 11.1 Å². The Bertz CT molecular complexity index is 285. The van der Waals surface area contributed by atoms with Crippen LogP contribution in [0.15, 0.2) is 4.52 Å². The Morgan fingerprint density at radius 2 is 2.54 bits per heavy atom. The normalized spacial score (nSPS) is 9.62. The van der Waals surface area contributed by atoms with Crippen molar-refractivity contribution in [3.05, 3.63) is 5.82 Å². The number of amides is 1. The summed E-state index contributed by atoms with van der Waals surface area (Å²) in [7, 11) is 0. The van der Waals surface area contributed by atoms with E-state index < -0.39 is 6.09 Å². The van der Waals surface area contributed by atoms with Crippen molar-refractivity contribution in [2.24, 2.45) is 5.73 Å². The molecule has 0 radical (unpaired) electrons. The second-order valence-corrected chi connectivity index (χ2v) is 2.24. The number of carbonyl (C=O) groups excluding carboxylic acids is 1. The lowest BCUT2D eigenvalue weighted by atomic mass is 10.7. The molecule has 1 rings (SSSR count). The van der Waals surface area contributed by atoms with Gasteiger partial charge >= 0.3 is 12.1 Å². The molecule has 0 unspecified atom stereocenters. The molecular weight excluding hydrogens is 176 g/mol. The Morgan fingerprint density at radius 3 is 3.08 bits per heavy atom. The van der Waals surface area contributed by atoms with Gasteiger partial charge in [-0.2, -0.15) is 4.98 Å². The molecule has 0 bridgehead atoms. The van der Waals surface area contributed by atoms with E-state index in [1.165, 1.54) is 0 Å². The van der Waals surface area contributed by atoms with Crippen molar-refractivity contribution in [1.29, 1.82) is 0 Å². The van der Waals surface area contributed by atoms with Crippen molar-refractivity contribution in [1.82, 2.24) is 10.1 Å². The molecule has 0 fully saturated rings. The van der Waals surface area contributed by atoms with Crippen LogP contribution in [0, 0.1) is 6.92 Å². The molecule has 0 aliphatic heterocycles. The maximum absolute atomic E-state index is 10.1. The van der Waals surface area contributed by atoms with Gasteiger partial charge in [-0.3, -0.25) is 0 Å². The monoisotopic (exact) mass is 186 g/mol. The van der Waals surface area contributed by atoms with Crippen molar-refractivity contribution in [2.45, 2.75) is 6.92 Å². The molecule has 7 nitrogen and oxygen atoms in total. The number of hydrogen-bond donors (Lipinski definition) is 2. The van der Waals surface area contributed by atoms with Crippen LogP contribution in [-0.2, 0) is 4.74 Å². The first-order valence-corrected chi connectivity index (χ1v) is 3.65. The third-order valence-corrected chi connectivity index (χ3v) is 1.15. The summed E-state index contributed by atoms with van der Waals surface area (Å²) in [6.45, 7) is 2.25. The van der Waals surface area contributed by atoms with Gasteiger partial charge in [0, 0.05) is 0 Å². The average molecular weight is 186 g/mol. The van der Waals surface area contributed by atoms with Gasteiger partial charge in [-0.15, -0.1) is 0 Å². The summed E-state index contributed by atoms with van der Waals surface area (Å²) >= 11 is 0. The van der Waals surface area contributed by atoms with Gasteiger partial charge in [0.05, 0.1) is 6.54 Å². The highest BCUT2D eigenvalue weighted by atomic mass is 16.5. The summed E-state index contributed by atoms with van der Waals surface area (Å²) in [4.78, 5) is 14.0. The predicted octanol–water partition coefficient (Wildman–Crippen LogP) is -0.115. The highest BCUT2D eigenvalue weighted by molar-refractivity contribution is 5.64. The molecule has 0 spiro atoms. The molecular formula is C6H10N4O3. The Morgan fingerprint density at radius 1 is 1.77 bits per heavy atom. The zero-order valence-corrected chi connectivity index (χ0v) is 7.11. The molecule has 0 aliphatic carbocycles. The fourth-order valence-electron chi connectivity index (χ4n) is 0.678. The fourth-order valence-corrected chi connectivity index (χ4v) is 0.678. The summed E-state index contributed by atoms with van der Waals surface area (Å²) in [6, 6.07) is 0.297. The van der Waals surface area contributed by atoms with E-state index in [-0.39, 0.29) is 6.61 Å². The van der Waals surface area contributed by atoms with Crippen LogP contribution in [0.3, 0.4) is 0 Å². The van der Waals surface area contributed by atoms with E-state index in [0.29, 0.717) is 18.4 Å². The second-order valence-electron chi connectivity index (χ2n) is 2.24. The Labute approximate surface area is 74.2 Å². The first-order chi connectivity index (χ1) is 6.18. The number of nitrogens with one attached hydrogen (secondary N) is 1. The minimum absolute atomic E-state index is 0.163. The largest absolute Gasteiger partial charge is 0.448 e. The van der Waals surface area contributed by atoms with Crippen LogP contribution in [0.25, 0.3) is 0 Å². The minimum Gasteiger partial charge on any atom is -0.448 e. The van der Waals surface area contributed by atoms with Crippen LogP contribution in [0.4, 0.5) is 10.8 Å². The molecule has 0 saturated carbocycles. The number of aryl methyl sites for hydroxylation is 1. The number of nitrogens with zero attached hydrogens (tertiary/aromatic N) is 2. The van der Waals surface area contributed by atoms with Crippen molar-refractivity contribution in [3.63, 3.8) is 0 Å². The van der Waals surface area contributed by atoms with Gasteiger partial charge in [-0.05, 0) is 6.92 Å². The van der Waals surface area contributed by atoms with Gasteiger partial charge in [0.25, 0.3) is 0 Å². The number of carbonyl (C=O) groups is 1. The maximum Gasteiger partial charge on any atom is 0.404 e. The predicted molar refractivity (Wildman–Crippen MR) is 43.1 cm³/mol. The SMILES string of the molecule is Cc1noc(NCCOC(N)=O)n1. The van der Waals surface area contributed by atoms with Gasteiger partial charge in [-0.25, -0.2) is 4.79 Å². The fraction of sp³-hybridized carbons (Fsp3) is 0.500. The summed E-state index contributed by atoms with van der Waals surface area (Å²) in [5, 5.41) is 6.30. The summed E-state index contributed by atoms with van der Waals surface area (Å²) < 4.78 is 9.18. The lowest BCUT2D eigenvalue weighted by molar-refractivity contribution is 0.161. The number of nitrogens with two attached hydrogens (primary N) is 1. The van der Waals surface area contributed by atoms with Crippen molar-refractivity contribution in [3.8, 4) is 0 Å². The molecule has 13 heavy (non-hydrogen) atoms. The Balaban J connectivity index is 2.16. The first kappa shape index (κ1) is 9.30. The van der Waals surface area contributed by atoms with Crippen molar-refractivity contribution in [2.75, 3.05) is 18.5 Å². The summed E-state index contributed by atoms with van der Waals surface area (Å²) in [6.07, 6.45) is -0.802. The van der Waals surface area contributed by atoms with E-state index >= 15 is 0 Å². The molecule has 0 saturated heterocycles. The van der Waals surface area contributed by atoms with Crippen LogP contribution in [0.2, 0.25) is 0 Å². The third kappa shape index (κ3) is 3.41. The number of aromatic nitrogens is 2. The lowest BCUT2D eigenvalue weighted by Crippen LogP contribution is -2.18. The van der Waals surface area contributed by atoms with Crippen LogP contribution in [0.1, 0.15) is 5.82 Å². The molecule has 0 aromatic carbocycles. The van der Waals surface area contributed by atoms with Gasteiger partial charge < -0.3 is 20.3 Å². The molecule has 1 aromatic heterocycles. The number of anilines is 1. The van der Waals surface area contributed by atoms with Crippen LogP contribution in [0.5, 0.6) is 0 Å². The van der Waals surface area contributed by atoms with E-state index in [0.717, 1.165) is 0 Å². The van der Waals surface area contributed by atoms with E-state index in [1.54, 1.807) is 6.92 Å². The average Bonchev–Trinajstić information content (AvgIpc) is 2.45. The second kappa shape index (κ2) is 4.29. The summed E-state index contributed by atoms with van der Waals surface area (Å²) in [5.41, 5.74) is 4.74. The molecule has 3 N–H and O–H groups in total. The third-order valence-electron chi connectivity index (χ3n) is 1.15. The molecule has 1 amide bonds. The molecule has 72 valence electrons. The smallest absolute Gasteiger partial charge is 0.404 e. The zero-order valence-electron chi connectivity index (χ0n) is 7.11. The zero-order chi connectivity index (χ0) is 9.68. The molecule has 1 heterocycles. The van der Waals surface area contributed by atoms with E-state index in [2.05, 4.69) is 20.2 Å². The van der Waals surface area contributed by atoms with E-state index in [4.69, 9.17) is 10.3 Å². The standard InChI is InChI=1S/C6H10N4O3/c1-4-9-6(13-10-4)8-2-3-12-5(7)11/h2-3H2,1H3,(H2,7,11)(H,8,9,10). The highest BCUT2D eigenvalue weighted by Gasteiger charge is 2.00. The number of rotatable bonds is 4. The quantitative estimate of drug-likeness (QED) is 0.635. The highest BCUT2D eigenvalue weighted by Crippen LogP contribution is 2.00. The van der Waals surface area contributed by atoms with Crippen molar-refractivity contribution >= 4 is 12.1 Å². The van der Waals surface area contributed by atoms with Gasteiger partial charge in [-0.1, -0.05) is 5.16 Å². The van der Waals surface area contributed by atoms with Crippen molar-refractivity contribution < 1.29 is 14.1 Å². The van der Waals surface area contributed by atoms with Crippen LogP contribution in [-0.4, -0.2) is 29.4 Å².